The van der Waals surface area contributed by atoms with Crippen LogP contribution >= 0.6 is 11.3 Å². The molecule has 0 saturated carbocycles. The zero-order chi connectivity index (χ0) is 17.7. The van der Waals surface area contributed by atoms with Crippen LogP contribution in [0, 0.1) is 28.1 Å². The topological polar surface area (TPSA) is 62.7 Å². The van der Waals surface area contributed by atoms with Crippen LogP contribution in [-0.2, 0) is 12.8 Å². The molecular weight excluding hydrogens is 314 g/mol. The minimum atomic E-state index is 0.308. The molecule has 0 aliphatic heterocycles. The van der Waals surface area contributed by atoms with E-state index in [9.17, 15) is 5.26 Å². The van der Waals surface area contributed by atoms with Crippen molar-refractivity contribution in [3.63, 3.8) is 0 Å². The van der Waals surface area contributed by atoms with Crippen molar-refractivity contribution in [1.29, 1.82) is 5.26 Å². The predicted molar refractivity (Wildman–Crippen MR) is 102 cm³/mol. The number of aromatic nitrogens is 1. The largest absolute Gasteiger partial charge is 0.396 e. The van der Waals surface area contributed by atoms with Crippen LogP contribution in [0.25, 0.3) is 10.2 Å². The number of rotatable bonds is 2. The molecule has 2 heterocycles. The molecule has 0 aromatic carbocycles. The average molecular weight is 342 g/mol. The molecule has 3 rings (SSSR count). The molecule has 2 aromatic rings. The third-order valence-electron chi connectivity index (χ3n) is 5.28. The summed E-state index contributed by atoms with van der Waals surface area (Å²) >= 11 is 1.41. The Balaban J connectivity index is 1.94. The van der Waals surface area contributed by atoms with Gasteiger partial charge >= 0.3 is 0 Å². The third-order valence-corrected chi connectivity index (χ3v) is 6.30. The fraction of sp³-hybridized carbons (Fsp3) is 0.600. The Morgan fingerprint density at radius 3 is 2.67 bits per heavy atom. The smallest absolute Gasteiger partial charge is 0.130 e. The summed E-state index contributed by atoms with van der Waals surface area (Å²) in [5, 5.41) is 10.2. The van der Waals surface area contributed by atoms with Crippen molar-refractivity contribution in [3.05, 3.63) is 22.2 Å². The van der Waals surface area contributed by atoms with Crippen molar-refractivity contribution in [2.24, 2.45) is 16.7 Å². The van der Waals surface area contributed by atoms with Crippen molar-refractivity contribution in [3.8, 4) is 6.07 Å². The number of hydrogen-bond donors (Lipinski definition) is 1. The van der Waals surface area contributed by atoms with Crippen LogP contribution in [0.4, 0.5) is 5.69 Å². The summed E-state index contributed by atoms with van der Waals surface area (Å²) < 4.78 is 0. The van der Waals surface area contributed by atoms with Crippen molar-refractivity contribution < 1.29 is 0 Å². The zero-order valence-electron chi connectivity index (χ0n) is 15.4. The first-order valence-electron chi connectivity index (χ1n) is 8.71. The second-order valence-electron chi connectivity index (χ2n) is 9.07. The van der Waals surface area contributed by atoms with E-state index in [-0.39, 0.29) is 0 Å². The normalized spacial score (nSPS) is 18.4. The van der Waals surface area contributed by atoms with Gasteiger partial charge in [0.25, 0.3) is 0 Å². The summed E-state index contributed by atoms with van der Waals surface area (Å²) in [7, 11) is 0. The molecule has 0 radical (unpaired) electrons. The van der Waals surface area contributed by atoms with Gasteiger partial charge in [-0.25, -0.2) is 4.98 Å². The Hall–Kier alpha value is -1.60. The number of fused-ring (bicyclic) bond motifs is 2. The summed E-state index contributed by atoms with van der Waals surface area (Å²) in [5.41, 5.74) is 9.92. The van der Waals surface area contributed by atoms with E-state index in [0.29, 0.717) is 27.3 Å². The summed E-state index contributed by atoms with van der Waals surface area (Å²) in [5.74, 6) is 0.666. The van der Waals surface area contributed by atoms with E-state index in [1.807, 2.05) is 0 Å². The third kappa shape index (κ3) is 3.15. The van der Waals surface area contributed by atoms with Crippen LogP contribution in [0.2, 0.25) is 0 Å². The number of nitrogens with two attached hydrogens (primary N) is 1. The zero-order valence-corrected chi connectivity index (χ0v) is 16.2. The summed E-state index contributed by atoms with van der Waals surface area (Å²) in [6.45, 7) is 11.8. The second kappa shape index (κ2) is 5.74. The lowest BCUT2D eigenvalue weighted by atomic mass is 9.64. The van der Waals surface area contributed by atoms with Gasteiger partial charge in [-0.3, -0.25) is 0 Å². The van der Waals surface area contributed by atoms with Gasteiger partial charge in [0.15, 0.2) is 0 Å². The first-order valence-corrected chi connectivity index (χ1v) is 9.53. The van der Waals surface area contributed by atoms with Gasteiger partial charge in [0.1, 0.15) is 15.8 Å². The maximum absolute atomic E-state index is 9.19. The Labute approximate surface area is 148 Å². The number of nitrogen functional groups attached to an aromatic ring is 1. The van der Waals surface area contributed by atoms with E-state index in [1.165, 1.54) is 35.4 Å². The van der Waals surface area contributed by atoms with Gasteiger partial charge in [0.2, 0.25) is 0 Å². The van der Waals surface area contributed by atoms with E-state index >= 15 is 0 Å². The number of anilines is 1. The van der Waals surface area contributed by atoms with Gasteiger partial charge in [-0.1, -0.05) is 34.6 Å². The number of thiophene rings is 1. The first-order chi connectivity index (χ1) is 11.1. The highest BCUT2D eigenvalue weighted by Crippen LogP contribution is 2.45. The lowest BCUT2D eigenvalue weighted by Gasteiger charge is -2.41. The molecular formula is C20H27N3S. The molecule has 3 nitrogen and oxygen atoms in total. The molecule has 0 bridgehead atoms. The minimum Gasteiger partial charge on any atom is -0.396 e. The van der Waals surface area contributed by atoms with E-state index in [2.05, 4.69) is 46.8 Å². The molecule has 2 aromatic heterocycles. The SMILES string of the molecule is CC(C)(C)CC(C)(C)C1CCc2nc3sc(C#N)c(N)c3cc2C1. The molecule has 0 saturated heterocycles. The molecule has 128 valence electrons. The molecule has 0 spiro atoms. The molecule has 4 heteroatoms. The van der Waals surface area contributed by atoms with Crippen molar-refractivity contribution in [2.45, 2.75) is 60.3 Å². The van der Waals surface area contributed by atoms with E-state index in [0.717, 1.165) is 23.1 Å². The summed E-state index contributed by atoms with van der Waals surface area (Å²) in [6, 6.07) is 4.39. The Morgan fingerprint density at radius 2 is 2.04 bits per heavy atom. The van der Waals surface area contributed by atoms with E-state index < -0.39 is 0 Å². The maximum Gasteiger partial charge on any atom is 0.130 e. The molecule has 1 unspecified atom stereocenters. The quantitative estimate of drug-likeness (QED) is 0.804. The Morgan fingerprint density at radius 1 is 1.33 bits per heavy atom. The second-order valence-corrected chi connectivity index (χ2v) is 10.1. The fourth-order valence-electron chi connectivity index (χ4n) is 4.45. The molecule has 0 amide bonds. The van der Waals surface area contributed by atoms with Gasteiger partial charge < -0.3 is 5.73 Å². The van der Waals surface area contributed by atoms with Crippen molar-refractivity contribution >= 4 is 27.2 Å². The van der Waals surface area contributed by atoms with E-state index in [4.69, 9.17) is 10.7 Å². The van der Waals surface area contributed by atoms with Crippen molar-refractivity contribution in [1.82, 2.24) is 4.98 Å². The van der Waals surface area contributed by atoms with Gasteiger partial charge in [0.05, 0.1) is 5.69 Å². The number of aryl methyl sites for hydroxylation is 1. The van der Waals surface area contributed by atoms with Crippen LogP contribution < -0.4 is 5.73 Å². The summed E-state index contributed by atoms with van der Waals surface area (Å²) in [6.07, 6.45) is 4.51. The van der Waals surface area contributed by atoms with Gasteiger partial charge in [-0.2, -0.15) is 5.26 Å². The molecule has 24 heavy (non-hydrogen) atoms. The molecule has 1 aliphatic carbocycles. The van der Waals surface area contributed by atoms with Crippen LogP contribution in [0.1, 0.15) is 63.6 Å². The average Bonchev–Trinajstić information content (AvgIpc) is 2.78. The van der Waals surface area contributed by atoms with Crippen LogP contribution in [0.15, 0.2) is 6.07 Å². The lowest BCUT2D eigenvalue weighted by Crippen LogP contribution is -2.33. The highest BCUT2D eigenvalue weighted by atomic mass is 32.1. The summed E-state index contributed by atoms with van der Waals surface area (Å²) in [4.78, 5) is 6.32. The van der Waals surface area contributed by atoms with Crippen LogP contribution in [-0.4, -0.2) is 4.98 Å². The van der Waals surface area contributed by atoms with Crippen LogP contribution in [0.3, 0.4) is 0 Å². The molecule has 1 aliphatic rings. The van der Waals surface area contributed by atoms with Crippen molar-refractivity contribution in [2.75, 3.05) is 5.73 Å². The maximum atomic E-state index is 9.19. The monoisotopic (exact) mass is 341 g/mol. The lowest BCUT2D eigenvalue weighted by molar-refractivity contribution is 0.118. The Kier molecular flexibility index (Phi) is 4.12. The molecule has 0 fully saturated rings. The van der Waals surface area contributed by atoms with Gasteiger partial charge in [-0.05, 0) is 54.1 Å². The fourth-order valence-corrected chi connectivity index (χ4v) is 5.35. The van der Waals surface area contributed by atoms with Gasteiger partial charge in [-0.15, -0.1) is 11.3 Å². The first kappa shape index (κ1) is 17.2. The number of pyridine rings is 1. The predicted octanol–water partition coefficient (Wildman–Crippen LogP) is 5.32. The Bertz CT molecular complexity index is 818. The number of hydrogen-bond acceptors (Lipinski definition) is 4. The van der Waals surface area contributed by atoms with Gasteiger partial charge in [0, 0.05) is 11.1 Å². The molecule has 1 atom stereocenters. The minimum absolute atomic E-state index is 0.308. The molecule has 2 N–H and O–H groups in total. The number of nitriles is 1. The highest BCUT2D eigenvalue weighted by Gasteiger charge is 2.36. The standard InChI is InChI=1S/C20H27N3S/c1-19(2,3)11-20(4,5)13-6-7-15-12(8-13)9-14-17(22)16(10-21)24-18(14)23-15/h9,13H,6-8,11,22H2,1-5H3. The highest BCUT2D eigenvalue weighted by molar-refractivity contribution is 7.19. The van der Waals surface area contributed by atoms with Crippen LogP contribution in [0.5, 0.6) is 0 Å². The number of nitrogens with zero attached hydrogens (tertiary/aromatic N) is 2. The van der Waals surface area contributed by atoms with E-state index in [1.54, 1.807) is 0 Å².